The zero-order valence-electron chi connectivity index (χ0n) is 21.0. The molecule has 33 heavy (non-hydrogen) atoms. The van der Waals surface area contributed by atoms with E-state index in [0.717, 1.165) is 19.3 Å². The number of halogens is 1. The number of pyridine rings is 1. The minimum absolute atomic E-state index is 0. The van der Waals surface area contributed by atoms with Crippen molar-refractivity contribution >= 4 is 12.3 Å². The third kappa shape index (κ3) is 14.4. The van der Waals surface area contributed by atoms with E-state index < -0.39 is 5.85 Å². The summed E-state index contributed by atoms with van der Waals surface area (Å²) in [7, 11) is 0. The monoisotopic (exact) mass is 482 g/mol. The summed E-state index contributed by atoms with van der Waals surface area (Å²) in [5.74, 6) is -1.81. The molecule has 0 amide bonds. The number of rotatable bonds is 21. The number of unbranched alkanes of at least 4 members (excludes halogenated alkanes) is 14. The highest BCUT2D eigenvalue weighted by Gasteiger charge is 2.43. The Morgan fingerprint density at radius 3 is 1.67 bits per heavy atom. The number of nitrogens with one attached hydrogen (secondary N) is 1. The molecular weight excluding hydrogens is 436 g/mol. The lowest BCUT2D eigenvalue weighted by Gasteiger charge is -2.22. The van der Waals surface area contributed by atoms with Crippen LogP contribution in [0.5, 0.6) is 0 Å². The lowest BCUT2D eigenvalue weighted by Crippen LogP contribution is -3.00. The van der Waals surface area contributed by atoms with Crippen LogP contribution >= 0.6 is 0 Å². The number of hydrogen-bond donors (Lipinski definition) is 1. The van der Waals surface area contributed by atoms with Crippen molar-refractivity contribution in [3.05, 3.63) is 30.6 Å². The highest BCUT2D eigenvalue weighted by molar-refractivity contribution is 5.72. The lowest BCUT2D eigenvalue weighted by atomic mass is 10.0. The Labute approximate surface area is 208 Å². The van der Waals surface area contributed by atoms with E-state index in [1.165, 1.54) is 77.0 Å². The van der Waals surface area contributed by atoms with Gasteiger partial charge >= 0.3 is 11.8 Å². The van der Waals surface area contributed by atoms with Crippen LogP contribution in [0.25, 0.3) is 0 Å². The SMILES string of the molecule is CCCCCCCCCCCCCCCCCC(=O)OC(C=O)(NCC)[n+]1ccccc1.[Cl-]. The van der Waals surface area contributed by atoms with Gasteiger partial charge in [-0.05, 0) is 6.42 Å². The molecule has 0 aliphatic carbocycles. The molecule has 0 radical (unpaired) electrons. The average Bonchev–Trinajstić information content (AvgIpc) is 2.81. The first-order valence-electron chi connectivity index (χ1n) is 13.1. The molecule has 0 spiro atoms. The highest BCUT2D eigenvalue weighted by atomic mass is 35.5. The number of aldehydes is 1. The van der Waals surface area contributed by atoms with Crippen molar-refractivity contribution in [1.82, 2.24) is 5.32 Å². The molecule has 0 saturated heterocycles. The summed E-state index contributed by atoms with van der Waals surface area (Å²) in [5, 5.41) is 3.00. The van der Waals surface area contributed by atoms with E-state index >= 15 is 0 Å². The Kier molecular flexibility index (Phi) is 20.2. The maximum atomic E-state index is 12.4. The zero-order chi connectivity index (χ0) is 23.3. The Morgan fingerprint density at radius 1 is 0.788 bits per heavy atom. The fourth-order valence-electron chi connectivity index (χ4n) is 4.05. The first-order valence-corrected chi connectivity index (χ1v) is 13.1. The Hall–Kier alpha value is -1.46. The molecule has 5 nitrogen and oxygen atoms in total. The van der Waals surface area contributed by atoms with Crippen LogP contribution in [0, 0.1) is 0 Å². The molecule has 190 valence electrons. The highest BCUT2D eigenvalue weighted by Crippen LogP contribution is 2.14. The van der Waals surface area contributed by atoms with Crippen molar-refractivity contribution in [2.45, 2.75) is 122 Å². The number of aromatic nitrogens is 1. The van der Waals surface area contributed by atoms with Crippen LogP contribution in [0.4, 0.5) is 0 Å². The van der Waals surface area contributed by atoms with Crippen LogP contribution in [-0.2, 0) is 20.2 Å². The van der Waals surface area contributed by atoms with E-state index in [0.29, 0.717) is 19.3 Å². The smallest absolute Gasteiger partial charge is 0.436 e. The molecular formula is C27H47ClN2O3. The van der Waals surface area contributed by atoms with E-state index in [9.17, 15) is 9.59 Å². The van der Waals surface area contributed by atoms with Crippen LogP contribution in [-0.4, -0.2) is 18.8 Å². The summed E-state index contributed by atoms with van der Waals surface area (Å²) in [6.07, 6.45) is 23.8. The third-order valence-corrected chi connectivity index (χ3v) is 5.94. The van der Waals surface area contributed by atoms with E-state index in [2.05, 4.69) is 12.2 Å². The molecule has 1 aromatic heterocycles. The van der Waals surface area contributed by atoms with Gasteiger partial charge in [0, 0.05) is 25.1 Å². The molecule has 1 N–H and O–H groups in total. The Balaban J connectivity index is 0.0000102. The average molecular weight is 483 g/mol. The topological polar surface area (TPSA) is 59.3 Å². The molecule has 1 rings (SSSR count). The predicted octanol–water partition coefficient (Wildman–Crippen LogP) is 3.20. The van der Waals surface area contributed by atoms with Crippen molar-refractivity contribution in [2.75, 3.05) is 6.54 Å². The van der Waals surface area contributed by atoms with Crippen LogP contribution in [0.1, 0.15) is 117 Å². The molecule has 6 heteroatoms. The summed E-state index contributed by atoms with van der Waals surface area (Å²) < 4.78 is 7.17. The number of likely N-dealkylation sites (N-methyl/N-ethyl adjacent to an activating group) is 1. The Bertz CT molecular complexity index is 600. The number of hydrogen-bond acceptors (Lipinski definition) is 4. The van der Waals surface area contributed by atoms with Crippen molar-refractivity contribution in [2.24, 2.45) is 0 Å². The van der Waals surface area contributed by atoms with Gasteiger partial charge in [0.1, 0.15) is 0 Å². The summed E-state index contributed by atoms with van der Waals surface area (Å²) in [4.78, 5) is 24.2. The predicted molar refractivity (Wildman–Crippen MR) is 130 cm³/mol. The van der Waals surface area contributed by atoms with E-state index in [4.69, 9.17) is 4.74 Å². The van der Waals surface area contributed by atoms with Crippen molar-refractivity contribution in [3.8, 4) is 0 Å². The first-order chi connectivity index (χ1) is 15.7. The summed E-state index contributed by atoms with van der Waals surface area (Å²) in [6, 6.07) is 5.46. The fourth-order valence-corrected chi connectivity index (χ4v) is 4.05. The van der Waals surface area contributed by atoms with Gasteiger partial charge in [-0.15, -0.1) is 4.57 Å². The number of carbonyl (C=O) groups excluding carboxylic acids is 2. The normalized spacial score (nSPS) is 12.5. The third-order valence-electron chi connectivity index (χ3n) is 5.94. The molecule has 1 atom stereocenters. The minimum Gasteiger partial charge on any atom is -1.00 e. The standard InChI is InChI=1S/C27H47N2O3.ClH/c1-3-5-6-7-8-9-10-11-12-13-14-15-16-17-19-22-26(31)32-27(25-30,28-4-2)29-23-20-18-21-24-29;/h18,20-21,23-25,28H,3-17,19,22H2,1-2H3;1H/q+1;/p-1. The maximum Gasteiger partial charge on any atom is 0.436 e. The van der Waals surface area contributed by atoms with E-state index in [1.807, 2.05) is 13.0 Å². The Morgan fingerprint density at radius 2 is 1.24 bits per heavy atom. The van der Waals surface area contributed by atoms with Gasteiger partial charge in [-0.3, -0.25) is 9.59 Å². The number of nitrogens with zero attached hydrogens (tertiary/aromatic N) is 1. The van der Waals surface area contributed by atoms with Gasteiger partial charge < -0.3 is 17.1 Å². The van der Waals surface area contributed by atoms with Gasteiger partial charge in [-0.2, -0.15) is 0 Å². The molecule has 1 heterocycles. The first kappa shape index (κ1) is 31.5. The number of ether oxygens (including phenoxy) is 1. The second kappa shape index (κ2) is 21.1. The zero-order valence-corrected chi connectivity index (χ0v) is 21.8. The van der Waals surface area contributed by atoms with Gasteiger partial charge in [-0.25, -0.2) is 5.32 Å². The molecule has 0 aliphatic heterocycles. The van der Waals surface area contributed by atoms with E-state index in [1.54, 1.807) is 29.1 Å². The molecule has 0 aromatic carbocycles. The van der Waals surface area contributed by atoms with E-state index in [-0.39, 0.29) is 18.4 Å². The molecule has 0 bridgehead atoms. The molecule has 1 unspecified atom stereocenters. The molecule has 1 aromatic rings. The van der Waals surface area contributed by atoms with Crippen molar-refractivity contribution < 1.29 is 31.3 Å². The second-order valence-electron chi connectivity index (χ2n) is 8.80. The quantitative estimate of drug-likeness (QED) is 0.0960. The van der Waals surface area contributed by atoms with Crippen LogP contribution < -0.4 is 22.3 Å². The molecule has 0 fully saturated rings. The van der Waals surface area contributed by atoms with Gasteiger partial charge in [0.25, 0.3) is 6.29 Å². The van der Waals surface area contributed by atoms with Gasteiger partial charge in [-0.1, -0.05) is 110 Å². The number of esters is 1. The molecule has 0 saturated carbocycles. The van der Waals surface area contributed by atoms with Gasteiger partial charge in [0.15, 0.2) is 12.4 Å². The van der Waals surface area contributed by atoms with Crippen LogP contribution in [0.15, 0.2) is 30.6 Å². The second-order valence-corrected chi connectivity index (χ2v) is 8.80. The van der Waals surface area contributed by atoms with Gasteiger partial charge in [0.2, 0.25) is 0 Å². The largest absolute Gasteiger partial charge is 1.00 e. The number of carbonyl (C=O) groups is 2. The summed E-state index contributed by atoms with van der Waals surface area (Å²) in [5.41, 5.74) is 0. The molecule has 0 aliphatic rings. The van der Waals surface area contributed by atoms with Crippen molar-refractivity contribution in [1.29, 1.82) is 0 Å². The lowest BCUT2D eigenvalue weighted by molar-refractivity contribution is -0.790. The minimum atomic E-state index is -1.47. The fraction of sp³-hybridized carbons (Fsp3) is 0.741. The summed E-state index contributed by atoms with van der Waals surface area (Å²) >= 11 is 0. The summed E-state index contributed by atoms with van der Waals surface area (Å²) in [6.45, 7) is 4.65. The van der Waals surface area contributed by atoms with Crippen molar-refractivity contribution in [3.63, 3.8) is 0 Å². The van der Waals surface area contributed by atoms with Crippen LogP contribution in [0.3, 0.4) is 0 Å². The maximum absolute atomic E-state index is 12.4. The van der Waals surface area contributed by atoms with Gasteiger partial charge in [0.05, 0.1) is 0 Å². The van der Waals surface area contributed by atoms with Crippen LogP contribution in [0.2, 0.25) is 0 Å².